The Balaban J connectivity index is 0.959. The Labute approximate surface area is 349 Å². The number of furan rings is 1. The van der Waals surface area contributed by atoms with Gasteiger partial charge in [-0.2, -0.15) is 0 Å². The Morgan fingerprint density at radius 3 is 1.20 bits per heavy atom. The average Bonchev–Trinajstić information content (AvgIpc) is 3.71. The van der Waals surface area contributed by atoms with Crippen LogP contribution in [0.25, 0.3) is 88.3 Å². The molecule has 0 bridgehead atoms. The lowest BCUT2D eigenvalue weighted by atomic mass is 9.93. The van der Waals surface area contributed by atoms with E-state index in [0.29, 0.717) is 0 Å². The number of rotatable bonds is 8. The highest BCUT2D eigenvalue weighted by Crippen LogP contribution is 2.42. The van der Waals surface area contributed by atoms with Crippen LogP contribution < -0.4 is 4.90 Å². The first-order valence-electron chi connectivity index (χ1n) is 20.5. The fraction of sp³-hybridized carbons (Fsp3) is 0. The van der Waals surface area contributed by atoms with Gasteiger partial charge in [-0.25, -0.2) is 0 Å². The van der Waals surface area contributed by atoms with Gasteiger partial charge in [0.25, 0.3) is 0 Å². The lowest BCUT2D eigenvalue weighted by Gasteiger charge is -2.26. The van der Waals surface area contributed by atoms with E-state index < -0.39 is 0 Å². The van der Waals surface area contributed by atoms with Crippen LogP contribution in [0.1, 0.15) is 0 Å². The number of nitrogens with zero attached hydrogens (tertiary/aromatic N) is 1. The normalized spacial score (nSPS) is 11.3. The maximum Gasteiger partial charge on any atom is 0.143 e. The summed E-state index contributed by atoms with van der Waals surface area (Å²) in [5.74, 6) is 0. The third kappa shape index (κ3) is 6.51. The van der Waals surface area contributed by atoms with Crippen LogP contribution >= 0.6 is 0 Å². The first kappa shape index (κ1) is 35.2. The van der Waals surface area contributed by atoms with Gasteiger partial charge in [-0.15, -0.1) is 0 Å². The molecule has 11 aromatic rings. The molecule has 60 heavy (non-hydrogen) atoms. The van der Waals surface area contributed by atoms with Crippen molar-refractivity contribution in [2.75, 3.05) is 4.90 Å². The van der Waals surface area contributed by atoms with Crippen molar-refractivity contribution in [3.05, 3.63) is 237 Å². The molecule has 0 aliphatic carbocycles. The smallest absolute Gasteiger partial charge is 0.143 e. The number of hydrogen-bond donors (Lipinski definition) is 0. The second kappa shape index (κ2) is 15.1. The van der Waals surface area contributed by atoms with Crippen LogP contribution in [0.4, 0.5) is 17.1 Å². The number of fused-ring (bicyclic) bond motifs is 5. The molecular formula is C58H39NO. The molecular weight excluding hydrogens is 727 g/mol. The molecule has 0 atom stereocenters. The Bertz CT molecular complexity index is 3180. The molecule has 0 saturated heterocycles. The van der Waals surface area contributed by atoms with Crippen LogP contribution in [-0.2, 0) is 0 Å². The second-order valence-electron chi connectivity index (χ2n) is 15.3. The molecule has 10 aromatic carbocycles. The highest BCUT2D eigenvalue weighted by Gasteiger charge is 2.17. The van der Waals surface area contributed by atoms with Crippen LogP contribution in [0.5, 0.6) is 0 Å². The summed E-state index contributed by atoms with van der Waals surface area (Å²) in [4.78, 5) is 2.33. The molecule has 1 heterocycles. The average molecular weight is 766 g/mol. The van der Waals surface area contributed by atoms with E-state index in [0.717, 1.165) is 55.5 Å². The Morgan fingerprint density at radius 1 is 0.250 bits per heavy atom. The highest BCUT2D eigenvalue weighted by atomic mass is 16.3. The molecule has 0 fully saturated rings. The first-order chi connectivity index (χ1) is 29.7. The van der Waals surface area contributed by atoms with Gasteiger partial charge >= 0.3 is 0 Å². The topological polar surface area (TPSA) is 16.4 Å². The van der Waals surface area contributed by atoms with Crippen molar-refractivity contribution >= 4 is 49.8 Å². The van der Waals surface area contributed by atoms with E-state index in [1.165, 1.54) is 49.9 Å². The predicted molar refractivity (Wildman–Crippen MR) is 253 cm³/mol. The van der Waals surface area contributed by atoms with Crippen molar-refractivity contribution in [3.63, 3.8) is 0 Å². The third-order valence-corrected chi connectivity index (χ3v) is 11.7. The molecule has 0 unspecified atom stereocenters. The lowest BCUT2D eigenvalue weighted by molar-refractivity contribution is 0.673. The van der Waals surface area contributed by atoms with Crippen LogP contribution in [0.2, 0.25) is 0 Å². The molecule has 0 radical (unpaired) electrons. The zero-order valence-corrected chi connectivity index (χ0v) is 32.9. The minimum Gasteiger partial charge on any atom is -0.455 e. The molecule has 2 heteroatoms. The Hall–Kier alpha value is -7.94. The summed E-state index contributed by atoms with van der Waals surface area (Å²) in [6.07, 6.45) is 0. The summed E-state index contributed by atoms with van der Waals surface area (Å²) >= 11 is 0. The molecule has 282 valence electrons. The summed E-state index contributed by atoms with van der Waals surface area (Å²) in [6.45, 7) is 0. The van der Waals surface area contributed by atoms with E-state index in [-0.39, 0.29) is 0 Å². The van der Waals surface area contributed by atoms with E-state index in [9.17, 15) is 0 Å². The second-order valence-corrected chi connectivity index (χ2v) is 15.3. The van der Waals surface area contributed by atoms with Crippen molar-refractivity contribution in [1.29, 1.82) is 0 Å². The maximum atomic E-state index is 6.76. The molecule has 0 N–H and O–H groups in total. The van der Waals surface area contributed by atoms with Gasteiger partial charge in [0, 0.05) is 33.2 Å². The molecule has 0 aliphatic rings. The van der Waals surface area contributed by atoms with E-state index in [2.05, 4.69) is 241 Å². The fourth-order valence-electron chi connectivity index (χ4n) is 8.63. The summed E-state index contributed by atoms with van der Waals surface area (Å²) < 4.78 is 6.76. The van der Waals surface area contributed by atoms with Crippen molar-refractivity contribution in [3.8, 4) is 55.6 Å². The highest BCUT2D eigenvalue weighted by molar-refractivity contribution is 6.19. The summed E-state index contributed by atoms with van der Waals surface area (Å²) in [6, 6.07) is 84.6. The van der Waals surface area contributed by atoms with Gasteiger partial charge in [0.2, 0.25) is 0 Å². The van der Waals surface area contributed by atoms with Gasteiger partial charge in [0.1, 0.15) is 11.2 Å². The largest absolute Gasteiger partial charge is 0.455 e. The van der Waals surface area contributed by atoms with E-state index in [1.807, 2.05) is 0 Å². The van der Waals surface area contributed by atoms with E-state index in [4.69, 9.17) is 4.42 Å². The van der Waals surface area contributed by atoms with Gasteiger partial charge < -0.3 is 9.32 Å². The van der Waals surface area contributed by atoms with Crippen LogP contribution in [-0.4, -0.2) is 0 Å². The molecule has 0 amide bonds. The molecule has 0 aliphatic heterocycles. The van der Waals surface area contributed by atoms with Crippen molar-refractivity contribution in [1.82, 2.24) is 0 Å². The van der Waals surface area contributed by atoms with Crippen molar-refractivity contribution in [2.24, 2.45) is 0 Å². The maximum absolute atomic E-state index is 6.76. The molecule has 11 rings (SSSR count). The Kier molecular flexibility index (Phi) is 8.87. The first-order valence-corrected chi connectivity index (χ1v) is 20.5. The summed E-state index contributed by atoms with van der Waals surface area (Å²) in [5, 5.41) is 4.53. The SMILES string of the molecule is c1ccc(-c2ccc(N(c3ccc(-c4ccccc4)cc3)c3ccc(-c4ccc5c(c4)oc4c6ccccc6c(-c6cccc(-c7ccccc7)c6)cc54)cc3)cc2)cc1. The van der Waals surface area contributed by atoms with Crippen LogP contribution in [0.3, 0.4) is 0 Å². The molecule has 1 aromatic heterocycles. The quantitative estimate of drug-likeness (QED) is 0.153. The number of anilines is 3. The standard InChI is InChI=1S/C58H39NO/c1-4-13-40(14-5-1)43-23-30-49(31-24-43)59(50-32-25-44(26-33-50)41-15-6-2-7-16-41)51-34-27-45(28-35-51)47-29-36-53-56-39-55(48-20-12-19-46(37-48)42-17-8-3-9-18-42)52-21-10-11-22-54(52)58(56)60-57(53)38-47/h1-39H. The van der Waals surface area contributed by atoms with Crippen molar-refractivity contribution in [2.45, 2.75) is 0 Å². The molecule has 0 saturated carbocycles. The van der Waals surface area contributed by atoms with Gasteiger partial charge in [-0.05, 0) is 122 Å². The minimum absolute atomic E-state index is 0.880. The van der Waals surface area contributed by atoms with Gasteiger partial charge in [-0.1, -0.05) is 176 Å². The van der Waals surface area contributed by atoms with E-state index in [1.54, 1.807) is 0 Å². The third-order valence-electron chi connectivity index (χ3n) is 11.7. The van der Waals surface area contributed by atoms with Gasteiger partial charge in [0.05, 0.1) is 0 Å². The monoisotopic (exact) mass is 765 g/mol. The van der Waals surface area contributed by atoms with Crippen molar-refractivity contribution < 1.29 is 4.42 Å². The van der Waals surface area contributed by atoms with Crippen LogP contribution in [0, 0.1) is 0 Å². The lowest BCUT2D eigenvalue weighted by Crippen LogP contribution is -2.09. The van der Waals surface area contributed by atoms with Gasteiger partial charge in [0.15, 0.2) is 0 Å². The molecule has 0 spiro atoms. The fourth-order valence-corrected chi connectivity index (χ4v) is 8.63. The minimum atomic E-state index is 0.880. The van der Waals surface area contributed by atoms with Crippen LogP contribution in [0.15, 0.2) is 241 Å². The summed E-state index contributed by atoms with van der Waals surface area (Å²) in [7, 11) is 0. The Morgan fingerprint density at radius 2 is 0.650 bits per heavy atom. The zero-order valence-electron chi connectivity index (χ0n) is 32.9. The zero-order chi connectivity index (χ0) is 39.8. The number of hydrogen-bond acceptors (Lipinski definition) is 2. The predicted octanol–water partition coefficient (Wildman–Crippen LogP) is 16.5. The number of benzene rings is 10. The van der Waals surface area contributed by atoms with Gasteiger partial charge in [-0.3, -0.25) is 0 Å². The molecule has 2 nitrogen and oxygen atoms in total. The summed E-state index contributed by atoms with van der Waals surface area (Å²) in [5.41, 5.74) is 16.9. The van der Waals surface area contributed by atoms with E-state index >= 15 is 0 Å².